The van der Waals surface area contributed by atoms with Gasteiger partial charge in [0.1, 0.15) is 0 Å². The van der Waals surface area contributed by atoms with Crippen molar-refractivity contribution < 1.29 is 34.1 Å². The number of carbonyl (C=O) groups excluding carboxylic acids is 2. The molecular weight excluding hydrogens is 506 g/mol. The van der Waals surface area contributed by atoms with Gasteiger partial charge in [0.05, 0.1) is 19.1 Å². The van der Waals surface area contributed by atoms with E-state index < -0.39 is 23.8 Å². The van der Waals surface area contributed by atoms with E-state index in [1.54, 1.807) is 33.9 Å². The molecule has 1 aromatic rings. The Morgan fingerprint density at radius 3 is 2.64 bits per heavy atom. The predicted molar refractivity (Wildman–Crippen MR) is 142 cm³/mol. The smallest absolute Gasteiger partial charge is 0.319 e. The number of nitrogens with two attached hydrogens (primary N) is 1. The zero-order chi connectivity index (χ0) is 28.1. The van der Waals surface area contributed by atoms with Crippen LogP contribution in [0.25, 0.3) is 0 Å². The number of hydrogen-bond donors (Lipinski definition) is 3. The second-order valence-corrected chi connectivity index (χ2v) is 10.5. The summed E-state index contributed by atoms with van der Waals surface area (Å²) in [5.41, 5.74) is 7.04. The fourth-order valence-corrected chi connectivity index (χ4v) is 5.97. The maximum absolute atomic E-state index is 13.4. The largest absolute Gasteiger partial charge is 0.481 e. The number of benzene rings is 1. The number of carboxylic acids is 1. The quantitative estimate of drug-likeness (QED) is 0.325. The Hall–Kier alpha value is -3.09. The molecule has 0 saturated carbocycles. The minimum atomic E-state index is -0.960. The number of carbonyl (C=O) groups is 3. The lowest BCUT2D eigenvalue weighted by Gasteiger charge is -2.30. The lowest BCUT2D eigenvalue weighted by Crippen LogP contribution is -2.46. The third kappa shape index (κ3) is 6.23. The average molecular weight is 548 g/mol. The molecule has 4 N–H and O–H groups in total. The molecule has 39 heavy (non-hydrogen) atoms. The van der Waals surface area contributed by atoms with Crippen LogP contribution in [0.2, 0.25) is 0 Å². The molecule has 1 aromatic carbocycles. The fourth-order valence-electron chi connectivity index (χ4n) is 5.97. The van der Waals surface area contributed by atoms with Gasteiger partial charge in [-0.1, -0.05) is 13.3 Å². The number of rotatable bonds is 13. The average Bonchev–Trinajstić information content (AvgIpc) is 3.62. The van der Waals surface area contributed by atoms with Gasteiger partial charge in [-0.25, -0.2) is 4.79 Å². The number of amides is 3. The van der Waals surface area contributed by atoms with E-state index in [-0.39, 0.29) is 31.9 Å². The van der Waals surface area contributed by atoms with Crippen LogP contribution in [0, 0.1) is 5.92 Å². The Morgan fingerprint density at radius 1 is 1.21 bits per heavy atom. The fraction of sp³-hybridized carbons (Fsp3) is 0.667. The second kappa shape index (κ2) is 12.8. The van der Waals surface area contributed by atoms with Crippen LogP contribution in [-0.2, 0) is 16.2 Å². The minimum absolute atomic E-state index is 0.0368. The number of ether oxygens (including phenoxy) is 2. The first-order valence-electron chi connectivity index (χ1n) is 13.8. The molecule has 3 aliphatic heterocycles. The topological polar surface area (TPSA) is 149 Å². The van der Waals surface area contributed by atoms with Gasteiger partial charge < -0.3 is 40.1 Å². The van der Waals surface area contributed by atoms with Crippen molar-refractivity contribution in [1.29, 1.82) is 0 Å². The summed E-state index contributed by atoms with van der Waals surface area (Å²) in [7, 11) is 1.75. The zero-order valence-corrected chi connectivity index (χ0v) is 22.9. The van der Waals surface area contributed by atoms with Gasteiger partial charge in [0.2, 0.25) is 12.7 Å². The van der Waals surface area contributed by atoms with E-state index in [1.165, 1.54) is 0 Å². The van der Waals surface area contributed by atoms with E-state index >= 15 is 0 Å². The maximum Gasteiger partial charge on any atom is 0.319 e. The normalized spacial score (nSPS) is 22.7. The third-order valence-electron chi connectivity index (χ3n) is 8.07. The molecule has 3 heterocycles. The van der Waals surface area contributed by atoms with Crippen molar-refractivity contribution in [2.24, 2.45) is 11.7 Å². The van der Waals surface area contributed by atoms with Gasteiger partial charge in [-0.3, -0.25) is 14.5 Å². The first-order chi connectivity index (χ1) is 18.8. The van der Waals surface area contributed by atoms with Crippen LogP contribution in [0.4, 0.5) is 4.79 Å². The first-order valence-corrected chi connectivity index (χ1v) is 13.8. The van der Waals surface area contributed by atoms with E-state index in [0.717, 1.165) is 18.4 Å². The molecule has 0 aliphatic carbocycles. The van der Waals surface area contributed by atoms with Crippen LogP contribution in [0.3, 0.4) is 0 Å². The molecule has 4 rings (SSSR count). The van der Waals surface area contributed by atoms with Crippen molar-refractivity contribution in [2.45, 2.75) is 44.8 Å². The van der Waals surface area contributed by atoms with E-state index in [9.17, 15) is 24.6 Å². The van der Waals surface area contributed by atoms with Gasteiger partial charge >= 0.3 is 12.0 Å². The van der Waals surface area contributed by atoms with Crippen molar-refractivity contribution in [2.75, 3.05) is 66.2 Å². The van der Waals surface area contributed by atoms with Crippen LogP contribution in [-0.4, -0.2) is 120 Å². The molecule has 2 saturated heterocycles. The van der Waals surface area contributed by atoms with Crippen molar-refractivity contribution in [3.63, 3.8) is 0 Å². The van der Waals surface area contributed by atoms with Gasteiger partial charge in [0, 0.05) is 70.4 Å². The number of urea groups is 1. The Labute approximate surface area is 229 Å². The van der Waals surface area contributed by atoms with Gasteiger partial charge in [0.15, 0.2) is 11.5 Å². The molecule has 0 bridgehead atoms. The van der Waals surface area contributed by atoms with Crippen molar-refractivity contribution in [3.05, 3.63) is 23.3 Å². The van der Waals surface area contributed by atoms with E-state index in [4.69, 9.17) is 15.2 Å². The highest BCUT2D eigenvalue weighted by molar-refractivity contribution is 5.79. The number of aliphatic hydroxyl groups excluding tert-OH is 1. The second-order valence-electron chi connectivity index (χ2n) is 10.5. The summed E-state index contributed by atoms with van der Waals surface area (Å²) in [5.74, 6) is -1.36. The number of carboxylic acid groups (broad SMARTS) is 1. The van der Waals surface area contributed by atoms with E-state index in [0.29, 0.717) is 69.3 Å². The molecule has 3 atom stereocenters. The summed E-state index contributed by atoms with van der Waals surface area (Å²) in [5, 5.41) is 20.4. The van der Waals surface area contributed by atoms with Crippen molar-refractivity contribution in [3.8, 4) is 11.5 Å². The Bertz CT molecular complexity index is 1050. The molecule has 2 fully saturated rings. The molecule has 0 radical (unpaired) electrons. The Morgan fingerprint density at radius 2 is 2.00 bits per heavy atom. The van der Waals surface area contributed by atoms with Gasteiger partial charge in [-0.15, -0.1) is 0 Å². The number of aliphatic carboxylic acids is 1. The predicted octanol–water partition coefficient (Wildman–Crippen LogP) is 0.721. The summed E-state index contributed by atoms with van der Waals surface area (Å²) in [6.07, 6.45) is 2.23. The first kappa shape index (κ1) is 28.9. The molecule has 3 amide bonds. The van der Waals surface area contributed by atoms with Crippen LogP contribution in [0.15, 0.2) is 12.1 Å². The van der Waals surface area contributed by atoms with Gasteiger partial charge in [-0.05, 0) is 30.5 Å². The minimum Gasteiger partial charge on any atom is -0.481 e. The summed E-state index contributed by atoms with van der Waals surface area (Å²) < 4.78 is 11.1. The SMILES string of the molecule is CCCCN(CCN)C(=O)CN1C[C@H](c2cc(CO)c3c(c2)OCO3)[C@@H](C(=O)O)[C@@H]1CCN1CCN(C)C1=O. The van der Waals surface area contributed by atoms with Crippen LogP contribution in [0.1, 0.15) is 43.2 Å². The molecule has 216 valence electrons. The summed E-state index contributed by atoms with van der Waals surface area (Å²) in [4.78, 5) is 45.8. The number of likely N-dealkylation sites (N-methyl/N-ethyl adjacent to an activating group) is 1. The third-order valence-corrected chi connectivity index (χ3v) is 8.07. The van der Waals surface area contributed by atoms with Crippen LogP contribution in [0.5, 0.6) is 11.5 Å². The number of unbranched alkanes of at least 4 members (excludes halogenated alkanes) is 1. The number of hydrogen-bond acceptors (Lipinski definition) is 8. The highest BCUT2D eigenvalue weighted by Crippen LogP contribution is 2.44. The van der Waals surface area contributed by atoms with Gasteiger partial charge in [0.25, 0.3) is 0 Å². The molecule has 3 aliphatic rings. The lowest BCUT2D eigenvalue weighted by molar-refractivity contribution is -0.143. The lowest BCUT2D eigenvalue weighted by atomic mass is 9.83. The number of nitrogens with zero attached hydrogens (tertiary/aromatic N) is 4. The standard InChI is InChI=1S/C27H41N5O7/c1-3-4-7-30(9-6-28)23(34)15-32-14-20(18-12-19(16-33)25-22(13-18)38-17-39-25)24(26(35)36)21(32)5-8-31-11-10-29(2)27(31)37/h12-13,20-21,24,33H,3-11,14-17,28H2,1-2H3,(H,35,36)/t20-,21+,24-/m1/s1. The number of likely N-dealkylation sites (tertiary alicyclic amines) is 1. The van der Waals surface area contributed by atoms with E-state index in [2.05, 4.69) is 6.92 Å². The number of fused-ring (bicyclic) bond motifs is 1. The molecule has 0 spiro atoms. The zero-order valence-electron chi connectivity index (χ0n) is 22.9. The van der Waals surface area contributed by atoms with E-state index in [1.807, 2.05) is 4.90 Å². The van der Waals surface area contributed by atoms with Crippen LogP contribution < -0.4 is 15.2 Å². The summed E-state index contributed by atoms with van der Waals surface area (Å²) >= 11 is 0. The van der Waals surface area contributed by atoms with Crippen LogP contribution >= 0.6 is 0 Å². The monoisotopic (exact) mass is 547 g/mol. The van der Waals surface area contributed by atoms with Crippen molar-refractivity contribution in [1.82, 2.24) is 19.6 Å². The summed E-state index contributed by atoms with van der Waals surface area (Å²) in [6, 6.07) is 3.02. The number of aliphatic hydroxyl groups is 1. The molecule has 12 heteroatoms. The van der Waals surface area contributed by atoms with Gasteiger partial charge in [-0.2, -0.15) is 0 Å². The highest BCUT2D eigenvalue weighted by atomic mass is 16.7. The molecule has 0 unspecified atom stereocenters. The molecular formula is C27H41N5O7. The van der Waals surface area contributed by atoms with Crippen molar-refractivity contribution >= 4 is 17.9 Å². The molecule has 12 nitrogen and oxygen atoms in total. The molecule has 0 aromatic heterocycles. The summed E-state index contributed by atoms with van der Waals surface area (Å²) in [6.45, 7) is 5.26. The highest BCUT2D eigenvalue weighted by Gasteiger charge is 2.48. The Kier molecular flexibility index (Phi) is 9.52. The maximum atomic E-state index is 13.4. The Balaban J connectivity index is 1.62.